The van der Waals surface area contributed by atoms with Crippen molar-refractivity contribution >= 4 is 29.1 Å². The van der Waals surface area contributed by atoms with Gasteiger partial charge in [-0.15, -0.1) is 0 Å². The first kappa shape index (κ1) is 16.2. The maximum Gasteiger partial charge on any atom is 0.249 e. The van der Waals surface area contributed by atoms with E-state index in [1.165, 1.54) is 17.0 Å². The van der Waals surface area contributed by atoms with Crippen molar-refractivity contribution in [3.8, 4) is 0 Å². The van der Waals surface area contributed by atoms with Gasteiger partial charge in [0, 0.05) is 18.2 Å². The molecular weight excluding hydrogens is 321 g/mol. The summed E-state index contributed by atoms with van der Waals surface area (Å²) in [5.41, 5.74) is 0.468. The molecule has 2 aliphatic rings. The van der Waals surface area contributed by atoms with Crippen LogP contribution in [0.4, 0.5) is 10.1 Å². The smallest absolute Gasteiger partial charge is 0.249 e. The Morgan fingerprint density at radius 3 is 2.74 bits per heavy atom. The van der Waals surface area contributed by atoms with Crippen molar-refractivity contribution in [2.45, 2.75) is 25.3 Å². The van der Waals surface area contributed by atoms with Crippen molar-refractivity contribution in [3.63, 3.8) is 0 Å². The minimum absolute atomic E-state index is 0.0242. The Kier molecular flexibility index (Phi) is 4.82. The average molecular weight is 340 g/mol. The van der Waals surface area contributed by atoms with Gasteiger partial charge in [0.1, 0.15) is 11.9 Å². The van der Waals surface area contributed by atoms with Gasteiger partial charge in [0.25, 0.3) is 0 Å². The summed E-state index contributed by atoms with van der Waals surface area (Å²) in [5, 5.41) is 6.08. The van der Waals surface area contributed by atoms with Crippen LogP contribution < -0.4 is 15.5 Å². The molecule has 0 saturated carbocycles. The van der Waals surface area contributed by atoms with Crippen molar-refractivity contribution in [3.05, 3.63) is 29.0 Å². The highest BCUT2D eigenvalue weighted by Gasteiger charge is 2.35. The molecule has 1 aromatic carbocycles. The van der Waals surface area contributed by atoms with E-state index in [1.807, 2.05) is 0 Å². The number of anilines is 1. The Balaban J connectivity index is 1.64. The molecule has 5 nitrogen and oxygen atoms in total. The van der Waals surface area contributed by atoms with Gasteiger partial charge in [0.15, 0.2) is 0 Å². The number of rotatable bonds is 3. The first-order chi connectivity index (χ1) is 11.1. The largest absolute Gasteiger partial charge is 0.344 e. The Hall–Kier alpha value is -1.66. The van der Waals surface area contributed by atoms with Gasteiger partial charge >= 0.3 is 0 Å². The lowest BCUT2D eigenvalue weighted by molar-refractivity contribution is -0.129. The highest BCUT2D eigenvalue weighted by atomic mass is 35.5. The molecule has 0 spiro atoms. The van der Waals surface area contributed by atoms with Gasteiger partial charge in [0.2, 0.25) is 11.8 Å². The first-order valence-corrected chi connectivity index (χ1v) is 8.21. The van der Waals surface area contributed by atoms with E-state index in [0.29, 0.717) is 18.7 Å². The highest BCUT2D eigenvalue weighted by molar-refractivity contribution is 6.30. The zero-order valence-corrected chi connectivity index (χ0v) is 13.4. The van der Waals surface area contributed by atoms with E-state index < -0.39 is 11.9 Å². The van der Waals surface area contributed by atoms with Gasteiger partial charge in [-0.05, 0) is 50.6 Å². The molecule has 2 aliphatic heterocycles. The molecule has 2 fully saturated rings. The molecule has 2 heterocycles. The molecule has 0 aliphatic carbocycles. The van der Waals surface area contributed by atoms with Crippen LogP contribution in [0.15, 0.2) is 18.2 Å². The third-order valence-electron chi connectivity index (χ3n) is 4.45. The SMILES string of the molecule is O=C(NC1CCN(c2ccc(Cl)c(F)c2)C1=O)C1CCNCC1. The van der Waals surface area contributed by atoms with Gasteiger partial charge in [-0.2, -0.15) is 0 Å². The summed E-state index contributed by atoms with van der Waals surface area (Å²) < 4.78 is 13.6. The van der Waals surface area contributed by atoms with Gasteiger partial charge in [0.05, 0.1) is 5.02 Å². The molecule has 23 heavy (non-hydrogen) atoms. The van der Waals surface area contributed by atoms with Gasteiger partial charge in [-0.25, -0.2) is 4.39 Å². The van der Waals surface area contributed by atoms with Gasteiger partial charge < -0.3 is 15.5 Å². The number of nitrogens with one attached hydrogen (secondary N) is 2. The minimum atomic E-state index is -0.556. The summed E-state index contributed by atoms with van der Waals surface area (Å²) in [6, 6.07) is 3.76. The topological polar surface area (TPSA) is 61.4 Å². The van der Waals surface area contributed by atoms with Crippen LogP contribution in [0, 0.1) is 11.7 Å². The zero-order chi connectivity index (χ0) is 16.4. The molecule has 124 valence electrons. The van der Waals surface area contributed by atoms with Crippen LogP contribution in [0.25, 0.3) is 0 Å². The highest BCUT2D eigenvalue weighted by Crippen LogP contribution is 2.26. The molecular formula is C16H19ClFN3O2. The summed E-state index contributed by atoms with van der Waals surface area (Å²) >= 11 is 5.67. The molecule has 1 unspecified atom stereocenters. The second-order valence-corrected chi connectivity index (χ2v) is 6.37. The Labute approximate surface area is 139 Å². The van der Waals surface area contributed by atoms with Crippen molar-refractivity contribution < 1.29 is 14.0 Å². The lowest BCUT2D eigenvalue weighted by atomic mass is 9.97. The summed E-state index contributed by atoms with van der Waals surface area (Å²) in [6.45, 7) is 2.11. The number of hydrogen-bond acceptors (Lipinski definition) is 3. The van der Waals surface area contributed by atoms with Gasteiger partial charge in [-0.3, -0.25) is 9.59 Å². The second-order valence-electron chi connectivity index (χ2n) is 5.96. The fourth-order valence-electron chi connectivity index (χ4n) is 3.10. The Bertz CT molecular complexity index is 619. The number of halogens is 2. The van der Waals surface area contributed by atoms with E-state index in [-0.39, 0.29) is 22.8 Å². The average Bonchev–Trinajstić information content (AvgIpc) is 2.92. The number of nitrogens with zero attached hydrogens (tertiary/aromatic N) is 1. The van der Waals surface area contributed by atoms with E-state index in [2.05, 4.69) is 10.6 Å². The van der Waals surface area contributed by atoms with Crippen LogP contribution in [0.3, 0.4) is 0 Å². The molecule has 0 bridgehead atoms. The Morgan fingerprint density at radius 1 is 1.30 bits per heavy atom. The molecule has 0 radical (unpaired) electrons. The van der Waals surface area contributed by atoms with E-state index in [0.717, 1.165) is 25.9 Å². The maximum absolute atomic E-state index is 13.6. The third-order valence-corrected chi connectivity index (χ3v) is 4.75. The monoisotopic (exact) mass is 339 g/mol. The number of carbonyl (C=O) groups excluding carboxylic acids is 2. The summed E-state index contributed by atoms with van der Waals surface area (Å²) in [6.07, 6.45) is 2.11. The number of hydrogen-bond donors (Lipinski definition) is 2. The van der Waals surface area contributed by atoms with Crippen LogP contribution >= 0.6 is 11.6 Å². The predicted molar refractivity (Wildman–Crippen MR) is 85.9 cm³/mol. The van der Waals surface area contributed by atoms with Crippen LogP contribution in [0.2, 0.25) is 5.02 Å². The maximum atomic E-state index is 13.6. The lowest BCUT2D eigenvalue weighted by Crippen LogP contribution is -2.46. The van der Waals surface area contributed by atoms with Crippen LogP contribution in [0.5, 0.6) is 0 Å². The van der Waals surface area contributed by atoms with Crippen LogP contribution in [0.1, 0.15) is 19.3 Å². The normalized spacial score (nSPS) is 22.4. The molecule has 7 heteroatoms. The van der Waals surface area contributed by atoms with E-state index in [9.17, 15) is 14.0 Å². The number of amides is 2. The lowest BCUT2D eigenvalue weighted by Gasteiger charge is -2.23. The van der Waals surface area contributed by atoms with E-state index in [4.69, 9.17) is 11.6 Å². The number of piperidine rings is 1. The van der Waals surface area contributed by atoms with E-state index >= 15 is 0 Å². The summed E-state index contributed by atoms with van der Waals surface area (Å²) in [5.74, 6) is -0.853. The first-order valence-electron chi connectivity index (χ1n) is 7.84. The molecule has 1 atom stereocenters. The van der Waals surface area contributed by atoms with Gasteiger partial charge in [-0.1, -0.05) is 11.6 Å². The standard InChI is InChI=1S/C16H19ClFN3O2/c17-12-2-1-11(9-13(12)18)21-8-5-14(16(21)23)20-15(22)10-3-6-19-7-4-10/h1-2,9-10,14,19H,3-8H2,(H,20,22). The van der Waals surface area contributed by atoms with E-state index in [1.54, 1.807) is 6.07 Å². The predicted octanol–water partition coefficient (Wildman–Crippen LogP) is 1.70. The number of carbonyl (C=O) groups is 2. The fourth-order valence-corrected chi connectivity index (χ4v) is 3.21. The molecule has 1 aromatic rings. The third kappa shape index (κ3) is 3.48. The summed E-state index contributed by atoms with van der Waals surface area (Å²) in [7, 11) is 0. The minimum Gasteiger partial charge on any atom is -0.344 e. The van der Waals surface area contributed by atoms with Crippen molar-refractivity contribution in [2.75, 3.05) is 24.5 Å². The molecule has 2 amide bonds. The Morgan fingerprint density at radius 2 is 2.04 bits per heavy atom. The molecule has 0 aromatic heterocycles. The van der Waals surface area contributed by atoms with Crippen LogP contribution in [-0.4, -0.2) is 37.5 Å². The molecule has 2 saturated heterocycles. The second kappa shape index (κ2) is 6.84. The van der Waals surface area contributed by atoms with Crippen molar-refractivity contribution in [1.29, 1.82) is 0 Å². The summed E-state index contributed by atoms with van der Waals surface area (Å²) in [4.78, 5) is 26.2. The van der Waals surface area contributed by atoms with Crippen molar-refractivity contribution in [1.82, 2.24) is 10.6 Å². The zero-order valence-electron chi connectivity index (χ0n) is 12.6. The van der Waals surface area contributed by atoms with Crippen LogP contribution in [-0.2, 0) is 9.59 Å². The van der Waals surface area contributed by atoms with Crippen molar-refractivity contribution in [2.24, 2.45) is 5.92 Å². The number of benzene rings is 1. The fraction of sp³-hybridized carbons (Fsp3) is 0.500. The molecule has 2 N–H and O–H groups in total. The molecule has 3 rings (SSSR count). The quantitative estimate of drug-likeness (QED) is 0.881.